The number of hydrogen-bond acceptors (Lipinski definition) is 3. The van der Waals surface area contributed by atoms with Gasteiger partial charge in [-0.2, -0.15) is 5.10 Å². The molecule has 0 radical (unpaired) electrons. The van der Waals surface area contributed by atoms with Crippen LogP contribution in [0.5, 0.6) is 0 Å². The number of rotatable bonds is 4. The van der Waals surface area contributed by atoms with E-state index in [0.717, 1.165) is 16.1 Å². The molecule has 0 spiro atoms. The SMILES string of the molecule is Cc1cccc(-n2nc(-c3cccs3)cc2C(=O)Nc2ccccc2F)c1. The molecule has 0 atom stereocenters. The van der Waals surface area contributed by atoms with Gasteiger partial charge in [-0.15, -0.1) is 11.3 Å². The van der Waals surface area contributed by atoms with E-state index < -0.39 is 11.7 Å². The summed E-state index contributed by atoms with van der Waals surface area (Å²) in [4.78, 5) is 13.9. The number of carbonyl (C=O) groups is 1. The Balaban J connectivity index is 1.78. The van der Waals surface area contributed by atoms with Crippen molar-refractivity contribution in [3.8, 4) is 16.3 Å². The number of aromatic nitrogens is 2. The van der Waals surface area contributed by atoms with Gasteiger partial charge in [0.2, 0.25) is 0 Å². The van der Waals surface area contributed by atoms with E-state index in [9.17, 15) is 9.18 Å². The summed E-state index contributed by atoms with van der Waals surface area (Å²) < 4.78 is 15.5. The van der Waals surface area contributed by atoms with Crippen LogP contribution in [0.3, 0.4) is 0 Å². The zero-order chi connectivity index (χ0) is 18.8. The molecule has 0 aliphatic carbocycles. The van der Waals surface area contributed by atoms with E-state index in [1.807, 2.05) is 48.7 Å². The molecule has 0 aliphatic heterocycles. The lowest BCUT2D eigenvalue weighted by atomic mass is 10.2. The highest BCUT2D eigenvalue weighted by Gasteiger charge is 2.19. The van der Waals surface area contributed by atoms with Gasteiger partial charge >= 0.3 is 0 Å². The van der Waals surface area contributed by atoms with Gasteiger partial charge in [0.1, 0.15) is 17.2 Å². The Morgan fingerprint density at radius 3 is 2.67 bits per heavy atom. The van der Waals surface area contributed by atoms with Gasteiger partial charge < -0.3 is 5.32 Å². The third kappa shape index (κ3) is 3.52. The zero-order valence-electron chi connectivity index (χ0n) is 14.5. The fourth-order valence-corrected chi connectivity index (χ4v) is 3.47. The second-order valence-electron chi connectivity index (χ2n) is 6.08. The summed E-state index contributed by atoms with van der Waals surface area (Å²) in [5.74, 6) is -0.900. The van der Waals surface area contributed by atoms with Crippen molar-refractivity contribution in [2.45, 2.75) is 6.92 Å². The minimum atomic E-state index is -0.481. The van der Waals surface area contributed by atoms with Crippen LogP contribution in [0.2, 0.25) is 0 Å². The summed E-state index contributed by atoms with van der Waals surface area (Å²) >= 11 is 1.55. The van der Waals surface area contributed by atoms with Gasteiger partial charge in [-0.1, -0.05) is 30.3 Å². The lowest BCUT2D eigenvalue weighted by Gasteiger charge is -2.09. The van der Waals surface area contributed by atoms with Crippen molar-refractivity contribution >= 4 is 22.9 Å². The summed E-state index contributed by atoms with van der Waals surface area (Å²) in [6, 6.07) is 19.4. The van der Waals surface area contributed by atoms with Crippen LogP contribution in [-0.2, 0) is 0 Å². The number of carbonyl (C=O) groups excluding carboxylic acids is 1. The molecule has 134 valence electrons. The maximum Gasteiger partial charge on any atom is 0.274 e. The van der Waals surface area contributed by atoms with Crippen LogP contribution in [0.4, 0.5) is 10.1 Å². The van der Waals surface area contributed by atoms with Gasteiger partial charge in [0.25, 0.3) is 5.91 Å². The maximum absolute atomic E-state index is 13.9. The van der Waals surface area contributed by atoms with Crippen molar-refractivity contribution in [3.05, 3.63) is 89.2 Å². The standard InChI is InChI=1S/C21H16FN3OS/c1-14-6-4-7-15(12-14)25-19(13-18(24-25)20-10-5-11-27-20)21(26)23-17-9-3-2-8-16(17)22/h2-13H,1H3,(H,23,26). The number of benzene rings is 2. The second kappa shape index (κ2) is 7.17. The molecule has 0 saturated carbocycles. The molecule has 0 unspecified atom stereocenters. The molecule has 1 N–H and O–H groups in total. The second-order valence-corrected chi connectivity index (χ2v) is 7.02. The predicted octanol–water partition coefficient (Wildman–Crippen LogP) is 5.30. The number of anilines is 1. The Morgan fingerprint density at radius 1 is 1.07 bits per heavy atom. The molecule has 4 aromatic rings. The van der Waals surface area contributed by atoms with Crippen molar-refractivity contribution in [1.29, 1.82) is 0 Å². The lowest BCUT2D eigenvalue weighted by molar-refractivity contribution is 0.101. The van der Waals surface area contributed by atoms with E-state index in [2.05, 4.69) is 10.4 Å². The molecule has 6 heteroatoms. The summed E-state index contributed by atoms with van der Waals surface area (Å²) in [6.45, 7) is 1.98. The molecule has 4 rings (SSSR count). The molecule has 0 saturated heterocycles. The Kier molecular flexibility index (Phi) is 4.56. The molecule has 2 heterocycles. The number of thiophene rings is 1. The molecule has 27 heavy (non-hydrogen) atoms. The highest BCUT2D eigenvalue weighted by molar-refractivity contribution is 7.13. The van der Waals surface area contributed by atoms with Gasteiger partial charge in [-0.25, -0.2) is 9.07 Å². The average molecular weight is 377 g/mol. The van der Waals surface area contributed by atoms with E-state index in [1.165, 1.54) is 12.1 Å². The third-order valence-corrected chi connectivity index (χ3v) is 4.98. The first kappa shape index (κ1) is 17.2. The van der Waals surface area contributed by atoms with Crippen LogP contribution < -0.4 is 5.32 Å². The van der Waals surface area contributed by atoms with Crippen molar-refractivity contribution in [1.82, 2.24) is 9.78 Å². The third-order valence-electron chi connectivity index (χ3n) is 4.08. The molecule has 0 bridgehead atoms. The normalized spacial score (nSPS) is 10.7. The highest BCUT2D eigenvalue weighted by Crippen LogP contribution is 2.26. The Bertz CT molecular complexity index is 1100. The number of aryl methyl sites for hydroxylation is 1. The van der Waals surface area contributed by atoms with Gasteiger partial charge in [0, 0.05) is 0 Å². The minimum absolute atomic E-state index is 0.136. The van der Waals surface area contributed by atoms with E-state index in [-0.39, 0.29) is 5.69 Å². The molecule has 1 amide bonds. The summed E-state index contributed by atoms with van der Waals surface area (Å²) in [5, 5.41) is 9.22. The predicted molar refractivity (Wildman–Crippen MR) is 106 cm³/mol. The Morgan fingerprint density at radius 2 is 1.93 bits per heavy atom. The molecular formula is C21H16FN3OS. The van der Waals surface area contributed by atoms with Crippen LogP contribution in [0.15, 0.2) is 72.1 Å². The van der Waals surface area contributed by atoms with Crippen molar-refractivity contribution < 1.29 is 9.18 Å². The van der Waals surface area contributed by atoms with Crippen molar-refractivity contribution in [2.75, 3.05) is 5.32 Å². The largest absolute Gasteiger partial charge is 0.318 e. The van der Waals surface area contributed by atoms with Gasteiger partial charge in [0.15, 0.2) is 0 Å². The number of amides is 1. The zero-order valence-corrected chi connectivity index (χ0v) is 15.3. The van der Waals surface area contributed by atoms with Crippen LogP contribution in [-0.4, -0.2) is 15.7 Å². The van der Waals surface area contributed by atoms with Gasteiger partial charge in [-0.05, 0) is 54.3 Å². The number of nitrogens with zero attached hydrogens (tertiary/aromatic N) is 2. The van der Waals surface area contributed by atoms with Gasteiger partial charge in [0.05, 0.1) is 16.3 Å². The van der Waals surface area contributed by atoms with Crippen LogP contribution in [0.25, 0.3) is 16.3 Å². The van der Waals surface area contributed by atoms with Crippen LogP contribution in [0.1, 0.15) is 16.1 Å². The Hall–Kier alpha value is -3.25. The van der Waals surface area contributed by atoms with E-state index in [4.69, 9.17) is 0 Å². The van der Waals surface area contributed by atoms with Crippen LogP contribution in [0, 0.1) is 12.7 Å². The molecule has 0 fully saturated rings. The summed E-state index contributed by atoms with van der Waals surface area (Å²) in [5.41, 5.74) is 3.01. The molecular weight excluding hydrogens is 361 g/mol. The number of para-hydroxylation sites is 1. The fraction of sp³-hybridized carbons (Fsp3) is 0.0476. The van der Waals surface area contributed by atoms with Gasteiger partial charge in [-0.3, -0.25) is 4.79 Å². The summed E-state index contributed by atoms with van der Waals surface area (Å²) in [6.07, 6.45) is 0. The maximum atomic E-state index is 13.9. The smallest absolute Gasteiger partial charge is 0.274 e. The summed E-state index contributed by atoms with van der Waals surface area (Å²) in [7, 11) is 0. The van der Waals surface area contributed by atoms with E-state index in [0.29, 0.717) is 11.4 Å². The Labute approximate surface area is 159 Å². The number of halogens is 1. The average Bonchev–Trinajstić information content (AvgIpc) is 3.33. The quantitative estimate of drug-likeness (QED) is 0.524. The first-order valence-corrected chi connectivity index (χ1v) is 9.26. The topological polar surface area (TPSA) is 46.9 Å². The molecule has 2 aromatic heterocycles. The monoisotopic (exact) mass is 377 g/mol. The first-order chi connectivity index (χ1) is 13.1. The number of hydrogen-bond donors (Lipinski definition) is 1. The lowest BCUT2D eigenvalue weighted by Crippen LogP contribution is -2.17. The molecule has 4 nitrogen and oxygen atoms in total. The van der Waals surface area contributed by atoms with Crippen molar-refractivity contribution in [3.63, 3.8) is 0 Å². The fourth-order valence-electron chi connectivity index (χ4n) is 2.79. The molecule has 2 aromatic carbocycles. The van der Waals surface area contributed by atoms with E-state index >= 15 is 0 Å². The van der Waals surface area contributed by atoms with Crippen molar-refractivity contribution in [2.24, 2.45) is 0 Å². The van der Waals surface area contributed by atoms with Crippen LogP contribution >= 0.6 is 11.3 Å². The minimum Gasteiger partial charge on any atom is -0.318 e. The van der Waals surface area contributed by atoms with E-state index in [1.54, 1.807) is 34.2 Å². The highest BCUT2D eigenvalue weighted by atomic mass is 32.1. The first-order valence-electron chi connectivity index (χ1n) is 8.39. The number of nitrogens with one attached hydrogen (secondary N) is 1. The molecule has 0 aliphatic rings.